The van der Waals surface area contributed by atoms with Crippen LogP contribution >= 0.6 is 0 Å². The summed E-state index contributed by atoms with van der Waals surface area (Å²) >= 11 is 0. The maximum atomic E-state index is 13.7. The fraction of sp³-hybridized carbons (Fsp3) is 0.320. The molecule has 0 aliphatic carbocycles. The highest BCUT2D eigenvalue weighted by molar-refractivity contribution is 5.87. The van der Waals surface area contributed by atoms with Crippen LogP contribution in [0.1, 0.15) is 43.5 Å². The predicted octanol–water partition coefficient (Wildman–Crippen LogP) is 4.44. The van der Waals surface area contributed by atoms with Gasteiger partial charge in [0.2, 0.25) is 5.91 Å². The van der Waals surface area contributed by atoms with Gasteiger partial charge >= 0.3 is 0 Å². The molecule has 1 aliphatic heterocycles. The quantitative estimate of drug-likeness (QED) is 0.635. The minimum atomic E-state index is -0.298. The first-order valence-corrected chi connectivity index (χ1v) is 10.5. The summed E-state index contributed by atoms with van der Waals surface area (Å²) < 4.78 is 1.78. The SMILES string of the molecule is CC(C)C1C(=O)CC(c2ccccc2)N(C(=O)Cn2ccnc2)C1c1ccccc1. The molecular weight excluding hydrogens is 374 g/mol. The molecule has 1 aromatic heterocycles. The summed E-state index contributed by atoms with van der Waals surface area (Å²) in [7, 11) is 0. The molecule has 1 amide bonds. The van der Waals surface area contributed by atoms with Gasteiger partial charge < -0.3 is 9.47 Å². The van der Waals surface area contributed by atoms with Crippen LogP contribution in [-0.4, -0.2) is 26.1 Å². The Kier molecular flexibility index (Phi) is 5.79. The number of Topliss-reactive ketones (excluding diaryl/α,β-unsaturated/α-hetero) is 1. The summed E-state index contributed by atoms with van der Waals surface area (Å²) in [6, 6.07) is 19.3. The van der Waals surface area contributed by atoms with Gasteiger partial charge in [0.1, 0.15) is 12.3 Å². The third kappa shape index (κ3) is 3.92. The molecule has 0 radical (unpaired) electrons. The van der Waals surface area contributed by atoms with Crippen molar-refractivity contribution in [3.8, 4) is 0 Å². The van der Waals surface area contributed by atoms with Crippen molar-refractivity contribution < 1.29 is 9.59 Å². The molecule has 4 rings (SSSR count). The van der Waals surface area contributed by atoms with Crippen LogP contribution in [0.2, 0.25) is 0 Å². The first kappa shape index (κ1) is 20.1. The predicted molar refractivity (Wildman–Crippen MR) is 115 cm³/mol. The number of rotatable bonds is 5. The number of ketones is 1. The molecule has 154 valence electrons. The van der Waals surface area contributed by atoms with Crippen molar-refractivity contribution in [1.29, 1.82) is 0 Å². The van der Waals surface area contributed by atoms with Gasteiger partial charge in [-0.1, -0.05) is 74.5 Å². The Morgan fingerprint density at radius 3 is 2.23 bits per heavy atom. The number of piperidine rings is 1. The number of aromatic nitrogens is 2. The fourth-order valence-corrected chi connectivity index (χ4v) is 4.62. The van der Waals surface area contributed by atoms with Gasteiger partial charge in [-0.15, -0.1) is 0 Å². The summed E-state index contributed by atoms with van der Waals surface area (Å²) in [5, 5.41) is 0. The number of carbonyl (C=O) groups excluding carboxylic acids is 2. The molecule has 0 N–H and O–H groups in total. The van der Waals surface area contributed by atoms with Crippen LogP contribution in [0.25, 0.3) is 0 Å². The normalized spacial score (nSPS) is 21.8. The summed E-state index contributed by atoms with van der Waals surface area (Å²) in [6.45, 7) is 4.34. The van der Waals surface area contributed by atoms with Gasteiger partial charge in [-0.05, 0) is 17.0 Å². The van der Waals surface area contributed by atoms with Crippen molar-refractivity contribution in [2.24, 2.45) is 11.8 Å². The van der Waals surface area contributed by atoms with E-state index in [0.717, 1.165) is 11.1 Å². The van der Waals surface area contributed by atoms with Crippen molar-refractivity contribution in [2.75, 3.05) is 0 Å². The van der Waals surface area contributed by atoms with E-state index in [0.29, 0.717) is 6.42 Å². The highest BCUT2D eigenvalue weighted by atomic mass is 16.2. The largest absolute Gasteiger partial charge is 0.328 e. The lowest BCUT2D eigenvalue weighted by atomic mass is 9.74. The summed E-state index contributed by atoms with van der Waals surface area (Å²) in [4.78, 5) is 33.0. The first-order valence-electron chi connectivity index (χ1n) is 10.5. The van der Waals surface area contributed by atoms with Crippen LogP contribution in [0.5, 0.6) is 0 Å². The van der Waals surface area contributed by atoms with Gasteiger partial charge in [0, 0.05) is 24.7 Å². The van der Waals surface area contributed by atoms with E-state index in [9.17, 15) is 9.59 Å². The van der Waals surface area contributed by atoms with Crippen LogP contribution in [0.3, 0.4) is 0 Å². The lowest BCUT2D eigenvalue weighted by Crippen LogP contribution is -2.50. The Hall–Kier alpha value is -3.21. The topological polar surface area (TPSA) is 55.2 Å². The molecule has 2 aromatic carbocycles. The molecule has 2 heterocycles. The molecule has 0 saturated carbocycles. The Balaban J connectivity index is 1.82. The first-order chi connectivity index (χ1) is 14.6. The molecule has 30 heavy (non-hydrogen) atoms. The maximum absolute atomic E-state index is 13.7. The van der Waals surface area contributed by atoms with Crippen LogP contribution in [0, 0.1) is 11.8 Å². The van der Waals surface area contributed by atoms with E-state index in [1.165, 1.54) is 0 Å². The molecule has 0 spiro atoms. The fourth-order valence-electron chi connectivity index (χ4n) is 4.62. The van der Waals surface area contributed by atoms with Gasteiger partial charge in [0.15, 0.2) is 0 Å². The Labute approximate surface area is 177 Å². The monoisotopic (exact) mass is 401 g/mol. The third-order valence-corrected chi connectivity index (χ3v) is 5.95. The van der Waals surface area contributed by atoms with Gasteiger partial charge in [-0.2, -0.15) is 0 Å². The number of amides is 1. The van der Waals surface area contributed by atoms with E-state index in [-0.39, 0.29) is 42.2 Å². The van der Waals surface area contributed by atoms with E-state index in [1.54, 1.807) is 23.3 Å². The molecule has 5 nitrogen and oxygen atoms in total. The maximum Gasteiger partial charge on any atom is 0.243 e. The van der Waals surface area contributed by atoms with Crippen molar-refractivity contribution >= 4 is 11.7 Å². The number of imidazole rings is 1. The van der Waals surface area contributed by atoms with Gasteiger partial charge in [-0.25, -0.2) is 4.98 Å². The zero-order chi connectivity index (χ0) is 21.1. The lowest BCUT2D eigenvalue weighted by molar-refractivity contribution is -0.149. The molecule has 1 fully saturated rings. The van der Waals surface area contributed by atoms with E-state index in [2.05, 4.69) is 18.8 Å². The van der Waals surface area contributed by atoms with E-state index >= 15 is 0 Å². The zero-order valence-electron chi connectivity index (χ0n) is 17.4. The molecular formula is C25H27N3O2. The van der Waals surface area contributed by atoms with Crippen LogP contribution in [-0.2, 0) is 16.1 Å². The highest BCUT2D eigenvalue weighted by Crippen LogP contribution is 2.46. The number of hydrogen-bond donors (Lipinski definition) is 0. The number of carbonyl (C=O) groups is 2. The standard InChI is InChI=1S/C25H27N3O2/c1-18(2)24-22(29)15-21(19-9-5-3-6-10-19)28(23(30)16-27-14-13-26-17-27)25(24)20-11-7-4-8-12-20/h3-14,17-18,21,24-25H,15-16H2,1-2H3. The minimum absolute atomic E-state index is 0.00569. The third-order valence-electron chi connectivity index (χ3n) is 5.95. The van der Waals surface area contributed by atoms with Gasteiger partial charge in [0.05, 0.1) is 18.4 Å². The summed E-state index contributed by atoms with van der Waals surface area (Å²) in [5.41, 5.74) is 2.00. The minimum Gasteiger partial charge on any atom is -0.328 e. The second-order valence-electron chi connectivity index (χ2n) is 8.26. The molecule has 3 atom stereocenters. The van der Waals surface area contributed by atoms with E-state index in [1.807, 2.05) is 65.6 Å². The second kappa shape index (κ2) is 8.66. The van der Waals surface area contributed by atoms with Crippen molar-refractivity contribution in [3.05, 3.63) is 90.5 Å². The number of likely N-dealkylation sites (tertiary alicyclic amines) is 1. The van der Waals surface area contributed by atoms with Crippen molar-refractivity contribution in [2.45, 2.75) is 38.9 Å². The zero-order valence-corrected chi connectivity index (χ0v) is 17.4. The van der Waals surface area contributed by atoms with Gasteiger partial charge in [0.25, 0.3) is 0 Å². The molecule has 5 heteroatoms. The summed E-state index contributed by atoms with van der Waals surface area (Å²) in [6.07, 6.45) is 5.46. The lowest BCUT2D eigenvalue weighted by Gasteiger charge is -2.47. The molecule has 1 saturated heterocycles. The highest BCUT2D eigenvalue weighted by Gasteiger charge is 2.46. The Morgan fingerprint density at radius 2 is 1.67 bits per heavy atom. The molecule has 1 aliphatic rings. The number of nitrogens with zero attached hydrogens (tertiary/aromatic N) is 3. The number of benzene rings is 2. The average Bonchev–Trinajstić information content (AvgIpc) is 3.26. The summed E-state index contributed by atoms with van der Waals surface area (Å²) in [5.74, 6) is 0.107. The van der Waals surface area contributed by atoms with Crippen molar-refractivity contribution in [1.82, 2.24) is 14.5 Å². The van der Waals surface area contributed by atoms with Crippen LogP contribution in [0.15, 0.2) is 79.4 Å². The molecule has 3 unspecified atom stereocenters. The smallest absolute Gasteiger partial charge is 0.243 e. The van der Waals surface area contributed by atoms with E-state index in [4.69, 9.17) is 0 Å². The van der Waals surface area contributed by atoms with E-state index < -0.39 is 0 Å². The van der Waals surface area contributed by atoms with Crippen molar-refractivity contribution in [3.63, 3.8) is 0 Å². The average molecular weight is 402 g/mol. The molecule has 0 bridgehead atoms. The second-order valence-corrected chi connectivity index (χ2v) is 8.26. The number of hydrogen-bond acceptors (Lipinski definition) is 3. The Morgan fingerprint density at radius 1 is 1.03 bits per heavy atom. The Bertz CT molecular complexity index is 984. The molecule has 3 aromatic rings. The van der Waals surface area contributed by atoms with Crippen LogP contribution in [0.4, 0.5) is 0 Å². The van der Waals surface area contributed by atoms with Gasteiger partial charge in [-0.3, -0.25) is 9.59 Å². The van der Waals surface area contributed by atoms with Crippen LogP contribution < -0.4 is 0 Å².